The van der Waals surface area contributed by atoms with Gasteiger partial charge in [0, 0.05) is 5.69 Å². The van der Waals surface area contributed by atoms with Crippen LogP contribution in [0.3, 0.4) is 0 Å². The van der Waals surface area contributed by atoms with Crippen LogP contribution in [0.1, 0.15) is 48.0 Å². The molecule has 3 amide bonds. The molecule has 2 atom stereocenters. The second-order valence-electron chi connectivity index (χ2n) is 9.16. The predicted molar refractivity (Wildman–Crippen MR) is 123 cm³/mol. The van der Waals surface area contributed by atoms with Gasteiger partial charge in [-0.15, -0.1) is 0 Å². The summed E-state index contributed by atoms with van der Waals surface area (Å²) in [4.78, 5) is 39.4. The van der Waals surface area contributed by atoms with E-state index >= 15 is 0 Å². The van der Waals surface area contributed by atoms with Gasteiger partial charge in [-0.2, -0.15) is 0 Å². The molecule has 0 fully saturated rings. The van der Waals surface area contributed by atoms with Crippen molar-refractivity contribution in [3.05, 3.63) is 42.5 Å². The van der Waals surface area contributed by atoms with Crippen molar-refractivity contribution in [3.8, 4) is 0 Å². The van der Waals surface area contributed by atoms with Crippen LogP contribution in [0, 0.1) is 5.92 Å². The maximum Gasteiger partial charge on any atom is 0.408 e. The second-order valence-corrected chi connectivity index (χ2v) is 9.16. The highest BCUT2D eigenvalue weighted by Gasteiger charge is 2.34. The molecule has 2 aromatic carbocycles. The van der Waals surface area contributed by atoms with Gasteiger partial charge in [-0.05, 0) is 62.9 Å². The van der Waals surface area contributed by atoms with E-state index in [1.54, 1.807) is 33.8 Å². The summed E-state index contributed by atoms with van der Waals surface area (Å²) in [6.07, 6.45) is -0.307. The van der Waals surface area contributed by atoms with Gasteiger partial charge in [0.2, 0.25) is 11.8 Å². The van der Waals surface area contributed by atoms with Gasteiger partial charge in [-0.1, -0.05) is 44.2 Å². The molecule has 0 radical (unpaired) electrons. The number of hydrogen-bond acceptors (Lipinski definition) is 4. The fourth-order valence-corrected chi connectivity index (χ4v) is 3.34. The van der Waals surface area contributed by atoms with Crippen molar-refractivity contribution in [1.29, 1.82) is 0 Å². The van der Waals surface area contributed by atoms with E-state index in [2.05, 4.69) is 5.32 Å². The highest BCUT2D eigenvalue weighted by Crippen LogP contribution is 2.26. The minimum absolute atomic E-state index is 0.127. The number of carbonyl (C=O) groups is 3. The number of amides is 3. The number of benzene rings is 2. The minimum atomic E-state index is -0.921. The van der Waals surface area contributed by atoms with Crippen LogP contribution in [0.2, 0.25) is 0 Å². The van der Waals surface area contributed by atoms with Gasteiger partial charge < -0.3 is 15.8 Å². The molecule has 0 unspecified atom stereocenters. The Morgan fingerprint density at radius 1 is 1.03 bits per heavy atom. The van der Waals surface area contributed by atoms with E-state index in [9.17, 15) is 14.4 Å². The molecule has 0 aliphatic heterocycles. The van der Waals surface area contributed by atoms with E-state index in [0.29, 0.717) is 12.1 Å². The molecule has 3 N–H and O–H groups in total. The molecule has 0 aromatic heterocycles. The van der Waals surface area contributed by atoms with Crippen molar-refractivity contribution in [3.63, 3.8) is 0 Å². The van der Waals surface area contributed by atoms with Crippen LogP contribution in [0.25, 0.3) is 10.8 Å². The smallest absolute Gasteiger partial charge is 0.408 e. The fourth-order valence-electron chi connectivity index (χ4n) is 3.34. The van der Waals surface area contributed by atoms with Crippen LogP contribution in [0.15, 0.2) is 42.5 Å². The van der Waals surface area contributed by atoms with Crippen LogP contribution < -0.4 is 16.0 Å². The van der Waals surface area contributed by atoms with Gasteiger partial charge in [-0.3, -0.25) is 14.5 Å². The molecular weight excluding hydrogens is 394 g/mol. The molecule has 7 heteroatoms. The number of nitrogens with zero attached hydrogens (tertiary/aromatic N) is 1. The van der Waals surface area contributed by atoms with Crippen LogP contribution in [0.5, 0.6) is 0 Å². The van der Waals surface area contributed by atoms with Crippen molar-refractivity contribution >= 4 is 34.4 Å². The van der Waals surface area contributed by atoms with Crippen LogP contribution >= 0.6 is 0 Å². The molecule has 0 aliphatic carbocycles. The molecule has 168 valence electrons. The third kappa shape index (κ3) is 6.70. The number of rotatable bonds is 7. The third-order valence-corrected chi connectivity index (χ3v) is 4.69. The summed E-state index contributed by atoms with van der Waals surface area (Å²) in [5.41, 5.74) is 5.56. The van der Waals surface area contributed by atoms with Gasteiger partial charge in [0.1, 0.15) is 17.7 Å². The SMILES string of the molecule is CC(C)C[C@@H](C(N)=O)N(C(=O)[C@H](C)NC(=O)OC(C)(C)C)c1ccc2ccccc2c1. The molecule has 0 aliphatic rings. The van der Waals surface area contributed by atoms with E-state index < -0.39 is 35.6 Å². The average Bonchev–Trinajstić information content (AvgIpc) is 2.65. The number of alkyl carbamates (subject to hydrolysis) is 1. The lowest BCUT2D eigenvalue weighted by molar-refractivity contribution is -0.125. The molecule has 7 nitrogen and oxygen atoms in total. The zero-order chi connectivity index (χ0) is 23.3. The molecule has 0 saturated heterocycles. The van der Waals surface area contributed by atoms with Crippen molar-refractivity contribution in [1.82, 2.24) is 5.32 Å². The standard InChI is InChI=1S/C24H33N3O4/c1-15(2)13-20(21(25)28)27(19-12-11-17-9-7-8-10-18(17)14-19)22(29)16(3)26-23(30)31-24(4,5)6/h7-12,14-16,20H,13H2,1-6H3,(H2,25,28)(H,26,30)/t16-,20-/m0/s1. The summed E-state index contributed by atoms with van der Waals surface area (Å²) in [5.74, 6) is -0.910. The van der Waals surface area contributed by atoms with E-state index in [0.717, 1.165) is 10.8 Å². The van der Waals surface area contributed by atoms with E-state index in [4.69, 9.17) is 10.5 Å². The zero-order valence-electron chi connectivity index (χ0n) is 19.1. The van der Waals surface area contributed by atoms with Crippen LogP contribution in [-0.4, -0.2) is 35.6 Å². The maximum atomic E-state index is 13.5. The van der Waals surface area contributed by atoms with Crippen molar-refractivity contribution < 1.29 is 19.1 Å². The van der Waals surface area contributed by atoms with Crippen LogP contribution in [-0.2, 0) is 14.3 Å². The highest BCUT2D eigenvalue weighted by atomic mass is 16.6. The van der Waals surface area contributed by atoms with Gasteiger partial charge >= 0.3 is 6.09 Å². The topological polar surface area (TPSA) is 102 Å². The number of nitrogens with one attached hydrogen (secondary N) is 1. The summed E-state index contributed by atoms with van der Waals surface area (Å²) in [6, 6.07) is 11.5. The number of carbonyl (C=O) groups excluding carboxylic acids is 3. The summed E-state index contributed by atoms with van der Waals surface area (Å²) in [6.45, 7) is 10.7. The highest BCUT2D eigenvalue weighted by molar-refractivity contribution is 6.05. The average molecular weight is 428 g/mol. The summed E-state index contributed by atoms with van der Waals surface area (Å²) in [7, 11) is 0. The largest absolute Gasteiger partial charge is 0.444 e. The third-order valence-electron chi connectivity index (χ3n) is 4.69. The first kappa shape index (κ1) is 24.2. The molecule has 2 rings (SSSR count). The van der Waals surface area contributed by atoms with E-state index in [1.807, 2.05) is 50.2 Å². The lowest BCUT2D eigenvalue weighted by Crippen LogP contribution is -2.55. The number of hydrogen-bond donors (Lipinski definition) is 2. The number of primary amides is 1. The van der Waals surface area contributed by atoms with Gasteiger partial charge in [-0.25, -0.2) is 4.79 Å². The normalized spacial score (nSPS) is 13.5. The summed E-state index contributed by atoms with van der Waals surface area (Å²) in [5, 5.41) is 4.51. The summed E-state index contributed by atoms with van der Waals surface area (Å²) < 4.78 is 5.26. The first-order valence-corrected chi connectivity index (χ1v) is 10.5. The van der Waals surface area contributed by atoms with Crippen LogP contribution in [0.4, 0.5) is 10.5 Å². The Balaban J connectivity index is 2.43. The lowest BCUT2D eigenvalue weighted by Gasteiger charge is -2.33. The number of ether oxygens (including phenoxy) is 1. The maximum absolute atomic E-state index is 13.5. The van der Waals surface area contributed by atoms with Crippen molar-refractivity contribution in [2.75, 3.05) is 4.90 Å². The zero-order valence-corrected chi connectivity index (χ0v) is 19.1. The Morgan fingerprint density at radius 2 is 1.65 bits per heavy atom. The Bertz CT molecular complexity index is 949. The number of fused-ring (bicyclic) bond motifs is 1. The first-order chi connectivity index (χ1) is 14.4. The fraction of sp³-hybridized carbons (Fsp3) is 0.458. The number of anilines is 1. The Labute approximate surface area is 183 Å². The molecule has 2 aromatic rings. The van der Waals surface area contributed by atoms with E-state index in [-0.39, 0.29) is 5.92 Å². The number of nitrogens with two attached hydrogens (primary N) is 1. The monoisotopic (exact) mass is 427 g/mol. The second kappa shape index (κ2) is 9.81. The van der Waals surface area contributed by atoms with Gasteiger partial charge in [0.25, 0.3) is 0 Å². The van der Waals surface area contributed by atoms with E-state index in [1.165, 1.54) is 4.90 Å². The predicted octanol–water partition coefficient (Wildman–Crippen LogP) is 3.99. The van der Waals surface area contributed by atoms with Gasteiger partial charge in [0.05, 0.1) is 0 Å². The molecule has 0 spiro atoms. The van der Waals surface area contributed by atoms with Crippen molar-refractivity contribution in [2.24, 2.45) is 11.7 Å². The molecular formula is C24H33N3O4. The lowest BCUT2D eigenvalue weighted by atomic mass is 9.99. The Hall–Kier alpha value is -3.09. The summed E-state index contributed by atoms with van der Waals surface area (Å²) >= 11 is 0. The van der Waals surface area contributed by atoms with Gasteiger partial charge in [0.15, 0.2) is 0 Å². The minimum Gasteiger partial charge on any atom is -0.444 e. The first-order valence-electron chi connectivity index (χ1n) is 10.5. The molecule has 0 saturated carbocycles. The Morgan fingerprint density at radius 3 is 2.19 bits per heavy atom. The molecule has 0 heterocycles. The Kier molecular flexibility index (Phi) is 7.65. The quantitative estimate of drug-likeness (QED) is 0.697. The molecule has 31 heavy (non-hydrogen) atoms. The molecule has 0 bridgehead atoms. The van der Waals surface area contributed by atoms with Crippen molar-refractivity contribution in [2.45, 2.75) is 65.6 Å².